The molecular weight excluding hydrogens is 216 g/mol. The van der Waals surface area contributed by atoms with Crippen LogP contribution in [0, 0.1) is 11.8 Å². The van der Waals surface area contributed by atoms with Crippen LogP contribution in [0.1, 0.15) is 32.6 Å². The lowest BCUT2D eigenvalue weighted by molar-refractivity contribution is -0.128. The highest BCUT2D eigenvalue weighted by Gasteiger charge is 2.26. The molecule has 2 aliphatic heterocycles. The topological polar surface area (TPSA) is 50.4 Å². The molecule has 2 rings (SSSR count). The summed E-state index contributed by atoms with van der Waals surface area (Å²) in [7, 11) is 0. The van der Waals surface area contributed by atoms with Crippen molar-refractivity contribution < 1.29 is 9.53 Å². The van der Waals surface area contributed by atoms with Gasteiger partial charge in [0.05, 0.1) is 0 Å². The Kier molecular flexibility index (Phi) is 4.80. The molecule has 0 saturated carbocycles. The Bertz CT molecular complexity index is 246. The number of piperidine rings is 1. The Morgan fingerprint density at radius 3 is 2.76 bits per heavy atom. The van der Waals surface area contributed by atoms with Crippen molar-refractivity contribution in [1.82, 2.24) is 10.6 Å². The molecule has 4 heteroatoms. The van der Waals surface area contributed by atoms with Crippen LogP contribution in [0.4, 0.5) is 0 Å². The Morgan fingerprint density at radius 2 is 2.12 bits per heavy atom. The summed E-state index contributed by atoms with van der Waals surface area (Å²) in [5.74, 6) is 0.988. The zero-order valence-electron chi connectivity index (χ0n) is 10.7. The second-order valence-corrected chi connectivity index (χ2v) is 5.29. The van der Waals surface area contributed by atoms with E-state index in [1.165, 1.54) is 12.8 Å². The standard InChI is InChI=1S/C13H24N2O2/c1-10(12-3-2-6-14-9-12)15-13(16)11-4-7-17-8-5-11/h10-12,14H,2-9H2,1H3,(H,15,16). The molecule has 98 valence electrons. The van der Waals surface area contributed by atoms with Gasteiger partial charge in [0.25, 0.3) is 0 Å². The molecular formula is C13H24N2O2. The van der Waals surface area contributed by atoms with Crippen molar-refractivity contribution in [2.24, 2.45) is 11.8 Å². The zero-order valence-corrected chi connectivity index (χ0v) is 10.7. The van der Waals surface area contributed by atoms with Crippen LogP contribution in [-0.2, 0) is 9.53 Å². The lowest BCUT2D eigenvalue weighted by Gasteiger charge is -2.30. The molecule has 1 amide bonds. The largest absolute Gasteiger partial charge is 0.381 e. The summed E-state index contributed by atoms with van der Waals surface area (Å²) in [4.78, 5) is 12.1. The third-order valence-electron chi connectivity index (χ3n) is 4.00. The molecule has 0 spiro atoms. The first-order valence-electron chi connectivity index (χ1n) is 6.86. The molecule has 2 atom stereocenters. The number of nitrogens with one attached hydrogen (secondary N) is 2. The average Bonchev–Trinajstić information content (AvgIpc) is 2.40. The van der Waals surface area contributed by atoms with E-state index < -0.39 is 0 Å². The van der Waals surface area contributed by atoms with Crippen molar-refractivity contribution in [2.75, 3.05) is 26.3 Å². The first-order valence-corrected chi connectivity index (χ1v) is 6.86. The number of rotatable bonds is 3. The maximum Gasteiger partial charge on any atom is 0.223 e. The second-order valence-electron chi connectivity index (χ2n) is 5.29. The van der Waals surface area contributed by atoms with Crippen LogP contribution in [0.2, 0.25) is 0 Å². The van der Waals surface area contributed by atoms with Gasteiger partial charge < -0.3 is 15.4 Å². The van der Waals surface area contributed by atoms with Gasteiger partial charge in [0.2, 0.25) is 5.91 Å². The normalized spacial score (nSPS) is 28.6. The Morgan fingerprint density at radius 1 is 1.35 bits per heavy atom. The molecule has 0 bridgehead atoms. The predicted molar refractivity (Wildman–Crippen MR) is 66.7 cm³/mol. The number of ether oxygens (including phenoxy) is 1. The Hall–Kier alpha value is -0.610. The van der Waals surface area contributed by atoms with Crippen LogP contribution in [0.5, 0.6) is 0 Å². The number of hydrogen-bond acceptors (Lipinski definition) is 3. The van der Waals surface area contributed by atoms with Gasteiger partial charge in [-0.15, -0.1) is 0 Å². The van der Waals surface area contributed by atoms with Crippen molar-refractivity contribution >= 4 is 5.91 Å². The zero-order chi connectivity index (χ0) is 12.1. The number of hydrogen-bond donors (Lipinski definition) is 2. The summed E-state index contributed by atoms with van der Waals surface area (Å²) in [5, 5.41) is 6.58. The average molecular weight is 240 g/mol. The number of carbonyl (C=O) groups is 1. The fraction of sp³-hybridized carbons (Fsp3) is 0.923. The lowest BCUT2D eigenvalue weighted by atomic mass is 9.91. The predicted octanol–water partition coefficient (Wildman–Crippen LogP) is 0.917. The minimum Gasteiger partial charge on any atom is -0.381 e. The van der Waals surface area contributed by atoms with Crippen LogP contribution >= 0.6 is 0 Å². The molecule has 17 heavy (non-hydrogen) atoms. The van der Waals surface area contributed by atoms with Crippen molar-refractivity contribution in [2.45, 2.75) is 38.6 Å². The first-order chi connectivity index (χ1) is 8.27. The van der Waals surface area contributed by atoms with Crippen molar-refractivity contribution in [3.05, 3.63) is 0 Å². The van der Waals surface area contributed by atoms with Gasteiger partial charge >= 0.3 is 0 Å². The van der Waals surface area contributed by atoms with E-state index in [1.54, 1.807) is 0 Å². The molecule has 0 aromatic rings. The summed E-state index contributed by atoms with van der Waals surface area (Å²) >= 11 is 0. The van der Waals surface area contributed by atoms with Crippen molar-refractivity contribution in [3.63, 3.8) is 0 Å². The van der Waals surface area contributed by atoms with Gasteiger partial charge in [-0.2, -0.15) is 0 Å². The summed E-state index contributed by atoms with van der Waals surface area (Å²) in [5.41, 5.74) is 0. The molecule has 0 aromatic carbocycles. The Labute approximate surface area is 103 Å². The van der Waals surface area contributed by atoms with E-state index >= 15 is 0 Å². The van der Waals surface area contributed by atoms with Crippen LogP contribution < -0.4 is 10.6 Å². The highest BCUT2D eigenvalue weighted by molar-refractivity contribution is 5.79. The highest BCUT2D eigenvalue weighted by Crippen LogP contribution is 2.18. The minimum absolute atomic E-state index is 0.169. The van der Waals surface area contributed by atoms with Gasteiger partial charge in [0, 0.05) is 25.2 Å². The van der Waals surface area contributed by atoms with E-state index in [0.29, 0.717) is 5.92 Å². The van der Waals surface area contributed by atoms with E-state index in [9.17, 15) is 4.79 Å². The smallest absolute Gasteiger partial charge is 0.223 e. The first kappa shape index (κ1) is 12.8. The summed E-state index contributed by atoms with van der Waals surface area (Å²) in [6, 6.07) is 0.290. The molecule has 2 fully saturated rings. The molecule has 0 radical (unpaired) electrons. The van der Waals surface area contributed by atoms with Crippen LogP contribution in [0.3, 0.4) is 0 Å². The molecule has 2 unspecified atom stereocenters. The fourth-order valence-corrected chi connectivity index (χ4v) is 2.73. The molecule has 2 N–H and O–H groups in total. The number of carbonyl (C=O) groups excluding carboxylic acids is 1. The molecule has 4 nitrogen and oxygen atoms in total. The lowest BCUT2D eigenvalue weighted by Crippen LogP contribution is -2.47. The van der Waals surface area contributed by atoms with E-state index in [1.807, 2.05) is 0 Å². The van der Waals surface area contributed by atoms with Gasteiger partial charge in [-0.05, 0) is 51.6 Å². The van der Waals surface area contributed by atoms with Crippen molar-refractivity contribution in [3.8, 4) is 0 Å². The van der Waals surface area contributed by atoms with Gasteiger partial charge in [0.15, 0.2) is 0 Å². The van der Waals surface area contributed by atoms with Gasteiger partial charge in [-0.25, -0.2) is 0 Å². The Balaban J connectivity index is 1.76. The van der Waals surface area contributed by atoms with Crippen LogP contribution in [0.25, 0.3) is 0 Å². The SMILES string of the molecule is CC(NC(=O)C1CCOCC1)C1CCCNC1. The summed E-state index contributed by atoms with van der Waals surface area (Å²) in [6.45, 7) is 5.76. The van der Waals surface area contributed by atoms with Crippen LogP contribution in [-0.4, -0.2) is 38.3 Å². The number of amides is 1. The molecule has 0 aliphatic carbocycles. The summed E-state index contributed by atoms with van der Waals surface area (Å²) in [6.07, 6.45) is 4.20. The molecule has 2 saturated heterocycles. The third kappa shape index (κ3) is 3.68. The third-order valence-corrected chi connectivity index (χ3v) is 4.00. The van der Waals surface area contributed by atoms with E-state index in [2.05, 4.69) is 17.6 Å². The second kappa shape index (κ2) is 6.36. The van der Waals surface area contributed by atoms with E-state index in [-0.39, 0.29) is 17.9 Å². The van der Waals surface area contributed by atoms with Gasteiger partial charge in [0.1, 0.15) is 0 Å². The van der Waals surface area contributed by atoms with E-state index in [4.69, 9.17) is 4.74 Å². The van der Waals surface area contributed by atoms with Crippen molar-refractivity contribution in [1.29, 1.82) is 0 Å². The van der Waals surface area contributed by atoms with Gasteiger partial charge in [-0.3, -0.25) is 4.79 Å². The molecule has 0 aromatic heterocycles. The maximum absolute atomic E-state index is 12.1. The molecule has 2 aliphatic rings. The van der Waals surface area contributed by atoms with Gasteiger partial charge in [-0.1, -0.05) is 0 Å². The minimum atomic E-state index is 0.169. The van der Waals surface area contributed by atoms with Crippen LogP contribution in [0.15, 0.2) is 0 Å². The van der Waals surface area contributed by atoms with E-state index in [0.717, 1.165) is 39.1 Å². The monoisotopic (exact) mass is 240 g/mol. The highest BCUT2D eigenvalue weighted by atomic mass is 16.5. The maximum atomic E-state index is 12.1. The molecule has 2 heterocycles. The quantitative estimate of drug-likeness (QED) is 0.771. The fourth-order valence-electron chi connectivity index (χ4n) is 2.73. The summed E-state index contributed by atoms with van der Waals surface area (Å²) < 4.78 is 5.28.